The molecule has 2 N–H and O–H groups in total. The van der Waals surface area contributed by atoms with E-state index in [0.717, 1.165) is 24.0 Å². The number of carboxylic acid groups (broad SMARTS) is 1. The van der Waals surface area contributed by atoms with Gasteiger partial charge in [-0.2, -0.15) is 5.10 Å². The number of rotatable bonds is 5. The van der Waals surface area contributed by atoms with Crippen LogP contribution in [-0.2, 0) is 30.7 Å². The fraction of sp³-hybridized carbons (Fsp3) is 0.448. The van der Waals surface area contributed by atoms with Crippen molar-refractivity contribution in [3.8, 4) is 0 Å². The van der Waals surface area contributed by atoms with Gasteiger partial charge in [-0.25, -0.2) is 9.48 Å². The summed E-state index contributed by atoms with van der Waals surface area (Å²) in [4.78, 5) is 42.1. The van der Waals surface area contributed by atoms with Crippen molar-refractivity contribution in [2.75, 3.05) is 13.2 Å². The first-order valence-electron chi connectivity index (χ1n) is 13.5. The van der Waals surface area contributed by atoms with E-state index in [-0.39, 0.29) is 36.6 Å². The van der Waals surface area contributed by atoms with Crippen LogP contribution in [0.15, 0.2) is 47.3 Å². The Bertz CT molecular complexity index is 1490. The van der Waals surface area contributed by atoms with Gasteiger partial charge in [0.25, 0.3) is 11.5 Å². The number of fused-ring (bicyclic) bond motifs is 4. The minimum Gasteiger partial charge on any atom is -0.465 e. The number of amides is 2. The molecule has 10 nitrogen and oxygen atoms in total. The minimum absolute atomic E-state index is 0.0549. The average molecular weight is 533 g/mol. The maximum absolute atomic E-state index is 13.5. The van der Waals surface area contributed by atoms with Crippen molar-refractivity contribution in [3.63, 3.8) is 0 Å². The Kier molecular flexibility index (Phi) is 6.60. The summed E-state index contributed by atoms with van der Waals surface area (Å²) in [5.74, 6) is -0.0549. The molecule has 2 saturated heterocycles. The van der Waals surface area contributed by atoms with E-state index < -0.39 is 18.2 Å². The fourth-order valence-electron chi connectivity index (χ4n) is 6.38. The Hall–Kier alpha value is -3.76. The lowest BCUT2D eigenvalue weighted by molar-refractivity contribution is -0.00715. The van der Waals surface area contributed by atoms with Gasteiger partial charge in [0.2, 0.25) is 0 Å². The summed E-state index contributed by atoms with van der Waals surface area (Å²) in [7, 11) is 0. The largest absolute Gasteiger partial charge is 0.465 e. The van der Waals surface area contributed by atoms with Gasteiger partial charge < -0.3 is 19.8 Å². The summed E-state index contributed by atoms with van der Waals surface area (Å²) >= 11 is 0. The van der Waals surface area contributed by atoms with Crippen molar-refractivity contribution in [3.05, 3.63) is 75.2 Å². The van der Waals surface area contributed by atoms with Crippen molar-refractivity contribution in [2.45, 2.75) is 69.9 Å². The second-order valence-corrected chi connectivity index (χ2v) is 10.7. The molecular weight excluding hydrogens is 500 g/mol. The number of nitrogens with zero attached hydrogens (tertiary/aromatic N) is 4. The monoisotopic (exact) mass is 532 g/mol. The molecule has 2 amide bonds. The van der Waals surface area contributed by atoms with Crippen LogP contribution in [0.5, 0.6) is 0 Å². The zero-order valence-corrected chi connectivity index (χ0v) is 21.8. The van der Waals surface area contributed by atoms with Crippen LogP contribution in [0.1, 0.15) is 46.9 Å². The van der Waals surface area contributed by atoms with Crippen LogP contribution in [0.25, 0.3) is 10.8 Å². The number of morpholine rings is 1. The standard InChI is InChI=1S/C29H32N4O6/c1-2-24-23-11-18(27(35)33-20-8-9-21(33)16-39-15-20)7-10-22(23)28(36)32(30-24)14-26(34)25-12-17-5-3-4-6-19(17)13-31(25)29(37)38/h3-7,10-11,20-21,25-26,34H,2,8-9,12-16H2,1H3,(H,37,38)/t20?,21?,25-,26+/m0/s1. The number of aryl methyl sites for hydroxylation is 1. The molecule has 0 radical (unpaired) electrons. The van der Waals surface area contributed by atoms with Crippen LogP contribution in [-0.4, -0.2) is 79.2 Å². The first kappa shape index (κ1) is 25.5. The number of carbonyl (C=O) groups excluding carboxylic acids is 1. The van der Waals surface area contributed by atoms with E-state index in [1.165, 1.54) is 9.58 Å². The van der Waals surface area contributed by atoms with Crippen LogP contribution in [0, 0.1) is 0 Å². The summed E-state index contributed by atoms with van der Waals surface area (Å²) in [6.07, 6.45) is 0.481. The fourth-order valence-corrected chi connectivity index (χ4v) is 6.38. The van der Waals surface area contributed by atoms with E-state index in [4.69, 9.17) is 4.74 Å². The van der Waals surface area contributed by atoms with Gasteiger partial charge in [-0.05, 0) is 55.0 Å². The molecule has 4 heterocycles. The van der Waals surface area contributed by atoms with Crippen LogP contribution in [0.4, 0.5) is 4.79 Å². The molecule has 0 spiro atoms. The molecule has 6 rings (SSSR count). The second-order valence-electron chi connectivity index (χ2n) is 10.7. The summed E-state index contributed by atoms with van der Waals surface area (Å²) in [5.41, 5.74) is 2.67. The molecule has 1 aromatic heterocycles. The Labute approximate surface area is 225 Å². The topological polar surface area (TPSA) is 125 Å². The first-order chi connectivity index (χ1) is 18.9. The Balaban J connectivity index is 1.30. The zero-order chi connectivity index (χ0) is 27.3. The van der Waals surface area contributed by atoms with Crippen LogP contribution in [0.3, 0.4) is 0 Å². The van der Waals surface area contributed by atoms with Gasteiger partial charge in [-0.15, -0.1) is 0 Å². The molecule has 204 valence electrons. The number of carbonyl (C=O) groups is 2. The van der Waals surface area contributed by atoms with Gasteiger partial charge in [0.15, 0.2) is 0 Å². The molecule has 39 heavy (non-hydrogen) atoms. The van der Waals surface area contributed by atoms with E-state index >= 15 is 0 Å². The third kappa shape index (κ3) is 4.47. The zero-order valence-electron chi connectivity index (χ0n) is 21.8. The van der Waals surface area contributed by atoms with E-state index in [1.54, 1.807) is 18.2 Å². The number of benzene rings is 2. The summed E-state index contributed by atoms with van der Waals surface area (Å²) in [6, 6.07) is 12.1. The van der Waals surface area contributed by atoms with Crippen LogP contribution < -0.4 is 5.56 Å². The Morgan fingerprint density at radius 2 is 1.79 bits per heavy atom. The van der Waals surface area contributed by atoms with Gasteiger partial charge in [-0.1, -0.05) is 31.2 Å². The predicted molar refractivity (Wildman–Crippen MR) is 143 cm³/mol. The minimum atomic E-state index is -1.14. The van der Waals surface area contributed by atoms with Crippen molar-refractivity contribution in [1.82, 2.24) is 19.6 Å². The van der Waals surface area contributed by atoms with Gasteiger partial charge in [0, 0.05) is 17.5 Å². The molecule has 3 aliphatic rings. The van der Waals surface area contributed by atoms with Crippen LogP contribution in [0.2, 0.25) is 0 Å². The highest BCUT2D eigenvalue weighted by Crippen LogP contribution is 2.31. The molecular formula is C29H32N4O6. The third-order valence-electron chi connectivity index (χ3n) is 8.43. The number of aromatic nitrogens is 2. The summed E-state index contributed by atoms with van der Waals surface area (Å²) < 4.78 is 6.85. The molecule has 3 aliphatic heterocycles. The van der Waals surface area contributed by atoms with Crippen molar-refractivity contribution < 1.29 is 24.5 Å². The summed E-state index contributed by atoms with van der Waals surface area (Å²) in [6.45, 7) is 3.06. The second kappa shape index (κ2) is 10.1. The van der Waals surface area contributed by atoms with E-state index in [0.29, 0.717) is 48.1 Å². The summed E-state index contributed by atoms with van der Waals surface area (Å²) in [5, 5.41) is 26.6. The van der Waals surface area contributed by atoms with Gasteiger partial charge in [0.1, 0.15) is 0 Å². The molecule has 2 unspecified atom stereocenters. The first-order valence-corrected chi connectivity index (χ1v) is 13.5. The Morgan fingerprint density at radius 1 is 1.08 bits per heavy atom. The highest BCUT2D eigenvalue weighted by molar-refractivity contribution is 5.99. The number of hydrogen-bond acceptors (Lipinski definition) is 6. The lowest BCUT2D eigenvalue weighted by Crippen LogP contribution is -2.52. The van der Waals surface area contributed by atoms with E-state index in [9.17, 15) is 24.6 Å². The highest BCUT2D eigenvalue weighted by atomic mass is 16.5. The molecule has 4 atom stereocenters. The van der Waals surface area contributed by atoms with Gasteiger partial charge in [0.05, 0.1) is 55.1 Å². The molecule has 3 aromatic rings. The highest BCUT2D eigenvalue weighted by Gasteiger charge is 2.41. The van der Waals surface area contributed by atoms with E-state index in [2.05, 4.69) is 5.10 Å². The molecule has 10 heteroatoms. The number of aliphatic hydroxyl groups is 1. The maximum atomic E-state index is 13.5. The Morgan fingerprint density at radius 3 is 2.49 bits per heavy atom. The van der Waals surface area contributed by atoms with Gasteiger partial charge in [-0.3, -0.25) is 14.5 Å². The average Bonchev–Trinajstić information content (AvgIpc) is 3.20. The van der Waals surface area contributed by atoms with Crippen LogP contribution >= 0.6 is 0 Å². The maximum Gasteiger partial charge on any atom is 0.407 e. The van der Waals surface area contributed by atoms with Crippen molar-refractivity contribution in [2.24, 2.45) is 0 Å². The quantitative estimate of drug-likeness (QED) is 0.517. The van der Waals surface area contributed by atoms with E-state index in [1.807, 2.05) is 36.1 Å². The van der Waals surface area contributed by atoms with Crippen molar-refractivity contribution in [1.29, 1.82) is 0 Å². The number of hydrogen-bond donors (Lipinski definition) is 2. The molecule has 2 fully saturated rings. The number of ether oxygens (including phenoxy) is 1. The molecule has 0 aliphatic carbocycles. The SMILES string of the molecule is CCc1nn(C[C@@H](O)[C@@H]2Cc3ccccc3CN2C(=O)O)c(=O)c2ccc(C(=O)N3C4CCC3COC4)cc12. The normalized spacial score (nSPS) is 23.1. The molecule has 0 saturated carbocycles. The number of aliphatic hydroxyl groups excluding tert-OH is 1. The molecule has 2 aromatic carbocycles. The smallest absolute Gasteiger partial charge is 0.407 e. The lowest BCUT2D eigenvalue weighted by atomic mass is 9.91. The predicted octanol–water partition coefficient (Wildman–Crippen LogP) is 2.43. The third-order valence-corrected chi connectivity index (χ3v) is 8.43. The van der Waals surface area contributed by atoms with Crippen molar-refractivity contribution >= 4 is 22.8 Å². The lowest BCUT2D eigenvalue weighted by Gasteiger charge is -2.37. The molecule has 2 bridgehead atoms. The van der Waals surface area contributed by atoms with Gasteiger partial charge >= 0.3 is 6.09 Å².